The summed E-state index contributed by atoms with van der Waals surface area (Å²) < 4.78 is 13.5. The van der Waals surface area contributed by atoms with Gasteiger partial charge in [0.1, 0.15) is 5.82 Å². The zero-order valence-electron chi connectivity index (χ0n) is 34.9. The molecule has 0 amide bonds. The van der Waals surface area contributed by atoms with Gasteiger partial charge in [0.25, 0.3) is 0 Å². The van der Waals surface area contributed by atoms with Crippen molar-refractivity contribution in [2.75, 3.05) is 0 Å². The highest BCUT2D eigenvalue weighted by Crippen LogP contribution is 2.40. The number of aromatic nitrogens is 9. The zero-order chi connectivity index (χ0) is 44.8. The van der Waals surface area contributed by atoms with E-state index in [1.807, 2.05) is 128 Å². The molecule has 0 atom stereocenters. The van der Waals surface area contributed by atoms with Crippen molar-refractivity contribution in [1.29, 1.82) is 0 Å². The Kier molecular flexibility index (Phi) is 11.9. The molecule has 9 nitrogen and oxygen atoms in total. The normalized spacial score (nSPS) is 11.0. The molecule has 12 aromatic rings. The molecule has 9 aromatic heterocycles. The first-order valence-corrected chi connectivity index (χ1v) is 21.6. The van der Waals surface area contributed by atoms with Gasteiger partial charge in [-0.2, -0.15) is 0 Å². The lowest BCUT2D eigenvalue weighted by atomic mass is 10.0. The zero-order valence-corrected chi connectivity index (χ0v) is 36.4. The number of hydrogen-bond donors (Lipinski definition) is 3. The Morgan fingerprint density at radius 1 is 0.348 bits per heavy atom. The molecular weight excluding hydrogens is 865 g/mol. The summed E-state index contributed by atoms with van der Waals surface area (Å²) in [6, 6.07) is 46.5. The number of aromatic amines is 3. The molecule has 66 heavy (non-hydrogen) atoms. The van der Waals surface area contributed by atoms with Crippen LogP contribution in [0.4, 0.5) is 4.39 Å². The second-order valence-corrected chi connectivity index (χ2v) is 15.9. The van der Waals surface area contributed by atoms with E-state index >= 15 is 0 Å². The molecule has 12 rings (SSSR count). The van der Waals surface area contributed by atoms with Crippen LogP contribution >= 0.6 is 23.2 Å². The molecule has 0 bridgehead atoms. The molecule has 12 heteroatoms. The predicted molar refractivity (Wildman–Crippen MR) is 264 cm³/mol. The SMILES string of the molecule is Clc1cccc(-c2c(-c3ccncc3)[nH]c3cccnc23)c1.Fc1ccc(-c2c(-c3ccncc3)[nH]c3cccnc23)cc1Cl.c1ccc(-c2c(-c3ccncc3)[nH]c3cccnc23)cc1. The fraction of sp³-hybridized carbons (Fsp3) is 0. The third-order valence-corrected chi connectivity index (χ3v) is 11.5. The first kappa shape index (κ1) is 41.7. The number of benzene rings is 3. The van der Waals surface area contributed by atoms with E-state index in [1.54, 1.807) is 49.3 Å². The van der Waals surface area contributed by atoms with Crippen LogP contribution in [0.5, 0.6) is 0 Å². The summed E-state index contributed by atoms with van der Waals surface area (Å²) in [7, 11) is 0. The minimum Gasteiger partial charge on any atom is -0.353 e. The lowest BCUT2D eigenvalue weighted by Crippen LogP contribution is -1.86. The van der Waals surface area contributed by atoms with Crippen LogP contribution in [0.1, 0.15) is 0 Å². The molecule has 3 N–H and O–H groups in total. The predicted octanol–water partition coefficient (Wildman–Crippen LogP) is 14.3. The molecule has 318 valence electrons. The smallest absolute Gasteiger partial charge is 0.141 e. The van der Waals surface area contributed by atoms with Gasteiger partial charge in [-0.3, -0.25) is 29.9 Å². The molecule has 0 saturated carbocycles. The third-order valence-electron chi connectivity index (χ3n) is 11.0. The highest BCUT2D eigenvalue weighted by atomic mass is 35.5. The van der Waals surface area contributed by atoms with E-state index in [-0.39, 0.29) is 5.02 Å². The van der Waals surface area contributed by atoms with Crippen molar-refractivity contribution in [3.63, 3.8) is 0 Å². The summed E-state index contributed by atoms with van der Waals surface area (Å²) in [5.74, 6) is -0.436. The summed E-state index contributed by atoms with van der Waals surface area (Å²) in [6.45, 7) is 0. The average molecular weight is 901 g/mol. The minimum atomic E-state index is -0.436. The largest absolute Gasteiger partial charge is 0.353 e. The number of halogens is 3. The molecule has 3 aromatic carbocycles. The van der Waals surface area contributed by atoms with E-state index < -0.39 is 5.82 Å². The van der Waals surface area contributed by atoms with Crippen molar-refractivity contribution in [2.45, 2.75) is 0 Å². The van der Waals surface area contributed by atoms with Gasteiger partial charge >= 0.3 is 0 Å². The Bertz CT molecular complexity index is 3580. The van der Waals surface area contributed by atoms with Gasteiger partial charge in [0, 0.05) is 94.2 Å². The fourth-order valence-electron chi connectivity index (χ4n) is 8.01. The summed E-state index contributed by atoms with van der Waals surface area (Å²) in [6.07, 6.45) is 16.0. The van der Waals surface area contributed by atoms with Crippen LogP contribution in [0.25, 0.3) is 100 Å². The molecule has 0 saturated heterocycles. The van der Waals surface area contributed by atoms with Gasteiger partial charge in [-0.1, -0.05) is 71.7 Å². The van der Waals surface area contributed by atoms with Crippen molar-refractivity contribution in [3.8, 4) is 67.2 Å². The highest BCUT2D eigenvalue weighted by molar-refractivity contribution is 6.31. The Balaban J connectivity index is 0.000000116. The number of nitrogens with zero attached hydrogens (tertiary/aromatic N) is 6. The molecule has 0 aliphatic carbocycles. The van der Waals surface area contributed by atoms with Crippen molar-refractivity contribution < 1.29 is 4.39 Å². The van der Waals surface area contributed by atoms with Gasteiger partial charge in [-0.15, -0.1) is 0 Å². The van der Waals surface area contributed by atoms with Crippen molar-refractivity contribution in [1.82, 2.24) is 44.9 Å². The maximum Gasteiger partial charge on any atom is 0.141 e. The maximum atomic E-state index is 13.5. The van der Waals surface area contributed by atoms with E-state index in [2.05, 4.69) is 63.1 Å². The first-order valence-electron chi connectivity index (χ1n) is 20.9. The molecular formula is C54H36Cl2FN9. The average Bonchev–Trinajstić information content (AvgIpc) is 4.09. The van der Waals surface area contributed by atoms with Crippen LogP contribution in [-0.4, -0.2) is 44.9 Å². The van der Waals surface area contributed by atoms with E-state index in [0.717, 1.165) is 100 Å². The number of nitrogens with one attached hydrogen (secondary N) is 3. The van der Waals surface area contributed by atoms with Crippen LogP contribution in [0, 0.1) is 5.82 Å². The van der Waals surface area contributed by atoms with Gasteiger partial charge in [0.15, 0.2) is 0 Å². The number of hydrogen-bond acceptors (Lipinski definition) is 6. The topological polar surface area (TPSA) is 125 Å². The van der Waals surface area contributed by atoms with E-state index in [1.165, 1.54) is 6.07 Å². The second-order valence-electron chi connectivity index (χ2n) is 15.0. The number of H-pyrrole nitrogens is 3. The number of fused-ring (bicyclic) bond motifs is 3. The van der Waals surface area contributed by atoms with Crippen LogP contribution in [0.2, 0.25) is 10.0 Å². The molecule has 0 radical (unpaired) electrons. The number of rotatable bonds is 6. The van der Waals surface area contributed by atoms with Crippen LogP contribution in [0.15, 0.2) is 201 Å². The minimum absolute atomic E-state index is 0.0912. The quantitative estimate of drug-likeness (QED) is 0.153. The van der Waals surface area contributed by atoms with E-state index in [4.69, 9.17) is 23.2 Å². The highest BCUT2D eigenvalue weighted by Gasteiger charge is 2.19. The first-order chi connectivity index (χ1) is 32.5. The summed E-state index contributed by atoms with van der Waals surface area (Å²) in [5.41, 5.74) is 18.0. The van der Waals surface area contributed by atoms with E-state index in [0.29, 0.717) is 5.02 Å². The van der Waals surface area contributed by atoms with Crippen molar-refractivity contribution in [2.24, 2.45) is 0 Å². The van der Waals surface area contributed by atoms with Crippen molar-refractivity contribution in [3.05, 3.63) is 217 Å². The summed E-state index contributed by atoms with van der Waals surface area (Å²) in [5, 5.41) is 0.803. The Labute approximate surface area is 388 Å². The Hall–Kier alpha value is -8.31. The van der Waals surface area contributed by atoms with Gasteiger partial charge in [0.2, 0.25) is 0 Å². The standard InChI is InChI=1S/C18H11ClFN3.C18H12ClN3.C18H13N3/c19-13-10-12(3-4-14(13)20)16-17(11-5-8-21-9-6-11)23-15-2-1-7-22-18(15)16;19-14-4-1-3-13(11-14)16-17(12-6-9-20-10-7-12)22-15-5-2-8-21-18(15)16;1-2-5-13(6-3-1)16-17(14-8-11-19-12-9-14)21-15-7-4-10-20-18(15)16/h1-10,23H;1-11,22H;1-12,21H. The molecule has 0 aliphatic rings. The van der Waals surface area contributed by atoms with Gasteiger partial charge in [0.05, 0.1) is 55.2 Å². The molecule has 0 aliphatic heterocycles. The van der Waals surface area contributed by atoms with Gasteiger partial charge < -0.3 is 15.0 Å². The van der Waals surface area contributed by atoms with Crippen LogP contribution in [0.3, 0.4) is 0 Å². The van der Waals surface area contributed by atoms with E-state index in [9.17, 15) is 4.39 Å². The van der Waals surface area contributed by atoms with Crippen molar-refractivity contribution >= 4 is 56.3 Å². The second kappa shape index (κ2) is 18.8. The Morgan fingerprint density at radius 3 is 1.18 bits per heavy atom. The van der Waals surface area contributed by atoms with Gasteiger partial charge in [-0.25, -0.2) is 4.39 Å². The van der Waals surface area contributed by atoms with Gasteiger partial charge in [-0.05, 0) is 114 Å². The maximum absolute atomic E-state index is 13.5. The molecule has 0 fully saturated rings. The van der Waals surface area contributed by atoms with Crippen LogP contribution < -0.4 is 0 Å². The molecule has 0 unspecified atom stereocenters. The third kappa shape index (κ3) is 8.54. The lowest BCUT2D eigenvalue weighted by Gasteiger charge is -2.06. The lowest BCUT2D eigenvalue weighted by molar-refractivity contribution is 0.628. The summed E-state index contributed by atoms with van der Waals surface area (Å²) in [4.78, 5) is 36.2. The fourth-order valence-corrected chi connectivity index (χ4v) is 8.38. The monoisotopic (exact) mass is 899 g/mol. The van der Waals surface area contributed by atoms with Crippen LogP contribution in [-0.2, 0) is 0 Å². The Morgan fingerprint density at radius 2 is 0.758 bits per heavy atom. The molecule has 0 spiro atoms. The summed E-state index contributed by atoms with van der Waals surface area (Å²) >= 11 is 12.1. The number of pyridine rings is 6. The molecule has 9 heterocycles.